The van der Waals surface area contributed by atoms with Crippen LogP contribution in [0, 0.1) is 0 Å². The number of carbonyl (C=O) groups is 1. The van der Waals surface area contributed by atoms with Crippen molar-refractivity contribution in [1.82, 2.24) is 0 Å². The van der Waals surface area contributed by atoms with Gasteiger partial charge < -0.3 is 16.8 Å². The van der Waals surface area contributed by atoms with E-state index in [1.165, 1.54) is 12.2 Å². The third-order valence-corrected chi connectivity index (χ3v) is 4.40. The van der Waals surface area contributed by atoms with Crippen molar-refractivity contribution in [2.45, 2.75) is 18.9 Å². The number of primary amides is 1. The molecular formula is C12H16ClN3OS. The molecular weight excluding hydrogens is 270 g/mol. The highest BCUT2D eigenvalue weighted by Gasteiger charge is 2.19. The van der Waals surface area contributed by atoms with Gasteiger partial charge in [0.05, 0.1) is 16.3 Å². The molecule has 2 rings (SSSR count). The first-order chi connectivity index (χ1) is 8.58. The van der Waals surface area contributed by atoms with Crippen LogP contribution in [0.2, 0.25) is 5.02 Å². The zero-order valence-electron chi connectivity index (χ0n) is 9.91. The van der Waals surface area contributed by atoms with Gasteiger partial charge in [-0.2, -0.15) is 11.8 Å². The van der Waals surface area contributed by atoms with Crippen molar-refractivity contribution in [3.05, 3.63) is 22.7 Å². The lowest BCUT2D eigenvalue weighted by atomic mass is 10.1. The molecule has 5 N–H and O–H groups in total. The minimum absolute atomic E-state index is 0.322. The predicted molar refractivity (Wildman–Crippen MR) is 78.4 cm³/mol. The van der Waals surface area contributed by atoms with E-state index in [-0.39, 0.29) is 0 Å². The average Bonchev–Trinajstić information content (AvgIpc) is 2.33. The lowest BCUT2D eigenvalue weighted by molar-refractivity contribution is 0.100. The summed E-state index contributed by atoms with van der Waals surface area (Å²) in [6, 6.07) is 3.52. The molecule has 18 heavy (non-hydrogen) atoms. The number of amides is 1. The molecule has 0 aromatic heterocycles. The largest absolute Gasteiger partial charge is 0.399 e. The van der Waals surface area contributed by atoms with E-state index in [2.05, 4.69) is 5.32 Å². The summed E-state index contributed by atoms with van der Waals surface area (Å²) in [5.41, 5.74) is 12.4. The van der Waals surface area contributed by atoms with Gasteiger partial charge in [0.2, 0.25) is 0 Å². The zero-order chi connectivity index (χ0) is 13.1. The summed E-state index contributed by atoms with van der Waals surface area (Å²) in [4.78, 5) is 11.4. The lowest BCUT2D eigenvalue weighted by Gasteiger charge is -2.25. The fourth-order valence-corrected chi connectivity index (χ4v) is 3.38. The molecule has 1 unspecified atom stereocenters. The number of hydrogen-bond donors (Lipinski definition) is 3. The van der Waals surface area contributed by atoms with E-state index in [1.807, 2.05) is 11.8 Å². The van der Waals surface area contributed by atoms with E-state index in [4.69, 9.17) is 23.1 Å². The first-order valence-electron chi connectivity index (χ1n) is 5.81. The Hall–Kier alpha value is -1.07. The van der Waals surface area contributed by atoms with Crippen molar-refractivity contribution in [1.29, 1.82) is 0 Å². The monoisotopic (exact) mass is 285 g/mol. The number of anilines is 2. The average molecular weight is 286 g/mol. The van der Waals surface area contributed by atoms with Crippen LogP contribution in [0.1, 0.15) is 23.2 Å². The van der Waals surface area contributed by atoms with E-state index >= 15 is 0 Å². The zero-order valence-corrected chi connectivity index (χ0v) is 11.5. The summed E-state index contributed by atoms with van der Waals surface area (Å²) in [5.74, 6) is 1.69. The molecule has 1 aliphatic heterocycles. The molecule has 1 heterocycles. The maximum absolute atomic E-state index is 11.4. The number of halogens is 1. The molecule has 1 atom stereocenters. The van der Waals surface area contributed by atoms with Crippen LogP contribution in [0.3, 0.4) is 0 Å². The van der Waals surface area contributed by atoms with Crippen molar-refractivity contribution in [3.8, 4) is 0 Å². The van der Waals surface area contributed by atoms with Crippen molar-refractivity contribution in [3.63, 3.8) is 0 Å². The Kier molecular flexibility index (Phi) is 4.24. The number of nitrogens with two attached hydrogens (primary N) is 2. The van der Waals surface area contributed by atoms with Crippen molar-refractivity contribution >= 4 is 40.6 Å². The summed E-state index contributed by atoms with van der Waals surface area (Å²) in [6.45, 7) is 0. The minimum Gasteiger partial charge on any atom is -0.399 e. The molecule has 1 fully saturated rings. The SMILES string of the molecule is NC(=O)c1cc(N)cc(Cl)c1NC1CCCSC1. The van der Waals surface area contributed by atoms with Gasteiger partial charge in [-0.15, -0.1) is 0 Å². The van der Waals surface area contributed by atoms with E-state index in [0.717, 1.165) is 12.2 Å². The van der Waals surface area contributed by atoms with Crippen molar-refractivity contribution in [2.24, 2.45) is 5.73 Å². The summed E-state index contributed by atoms with van der Waals surface area (Å²) in [7, 11) is 0. The summed E-state index contributed by atoms with van der Waals surface area (Å²) in [6.07, 6.45) is 2.24. The molecule has 1 aromatic rings. The van der Waals surface area contributed by atoms with E-state index < -0.39 is 5.91 Å². The molecule has 4 nitrogen and oxygen atoms in total. The minimum atomic E-state index is -0.518. The number of hydrogen-bond acceptors (Lipinski definition) is 4. The Bertz CT molecular complexity index is 461. The quantitative estimate of drug-likeness (QED) is 0.745. The highest BCUT2D eigenvalue weighted by molar-refractivity contribution is 7.99. The molecule has 0 aliphatic carbocycles. The van der Waals surface area contributed by atoms with Gasteiger partial charge >= 0.3 is 0 Å². The molecule has 0 spiro atoms. The molecule has 98 valence electrons. The number of thioether (sulfide) groups is 1. The highest BCUT2D eigenvalue weighted by Crippen LogP contribution is 2.31. The Morgan fingerprint density at radius 3 is 2.89 bits per heavy atom. The fraction of sp³-hybridized carbons (Fsp3) is 0.417. The third kappa shape index (κ3) is 3.03. The Balaban J connectivity index is 2.27. The van der Waals surface area contributed by atoms with Crippen molar-refractivity contribution < 1.29 is 4.79 Å². The fourth-order valence-electron chi connectivity index (χ4n) is 2.03. The van der Waals surface area contributed by atoms with Gasteiger partial charge in [-0.25, -0.2) is 0 Å². The molecule has 1 saturated heterocycles. The molecule has 1 aromatic carbocycles. The first kappa shape index (κ1) is 13.4. The summed E-state index contributed by atoms with van der Waals surface area (Å²) >= 11 is 8.04. The van der Waals surface area contributed by atoms with Gasteiger partial charge in [0.1, 0.15) is 0 Å². The second-order valence-electron chi connectivity index (χ2n) is 4.35. The van der Waals surface area contributed by atoms with Crippen LogP contribution in [0.25, 0.3) is 0 Å². The standard InChI is InChI=1S/C12H16ClN3OS/c13-10-5-7(14)4-9(12(15)17)11(10)16-8-2-1-3-18-6-8/h4-5,8,16H,1-3,6,14H2,(H2,15,17). The third-order valence-electron chi connectivity index (χ3n) is 2.89. The van der Waals surface area contributed by atoms with Crippen LogP contribution in [-0.4, -0.2) is 23.5 Å². The van der Waals surface area contributed by atoms with Gasteiger partial charge in [0.25, 0.3) is 5.91 Å². The maximum Gasteiger partial charge on any atom is 0.250 e. The normalized spacial score (nSPS) is 19.5. The van der Waals surface area contributed by atoms with E-state index in [9.17, 15) is 4.79 Å². The smallest absolute Gasteiger partial charge is 0.250 e. The number of nitrogen functional groups attached to an aromatic ring is 1. The molecule has 0 saturated carbocycles. The topological polar surface area (TPSA) is 81.1 Å². The first-order valence-corrected chi connectivity index (χ1v) is 7.34. The van der Waals surface area contributed by atoms with Crippen LogP contribution >= 0.6 is 23.4 Å². The number of carbonyl (C=O) groups excluding carboxylic acids is 1. The summed E-state index contributed by atoms with van der Waals surface area (Å²) < 4.78 is 0. The number of nitrogens with one attached hydrogen (secondary N) is 1. The second-order valence-corrected chi connectivity index (χ2v) is 5.90. The second kappa shape index (κ2) is 5.71. The molecule has 1 aliphatic rings. The number of benzene rings is 1. The molecule has 0 radical (unpaired) electrons. The van der Waals surface area contributed by atoms with Gasteiger partial charge in [0.15, 0.2) is 0 Å². The highest BCUT2D eigenvalue weighted by atomic mass is 35.5. The molecule has 6 heteroatoms. The van der Waals surface area contributed by atoms with Gasteiger partial charge in [0, 0.05) is 17.5 Å². The Morgan fingerprint density at radius 2 is 2.28 bits per heavy atom. The van der Waals surface area contributed by atoms with Crippen LogP contribution in [0.15, 0.2) is 12.1 Å². The maximum atomic E-state index is 11.4. The van der Waals surface area contributed by atoms with Crippen LogP contribution in [-0.2, 0) is 0 Å². The van der Waals surface area contributed by atoms with Gasteiger partial charge in [-0.1, -0.05) is 11.6 Å². The van der Waals surface area contributed by atoms with Gasteiger partial charge in [-0.3, -0.25) is 4.79 Å². The van der Waals surface area contributed by atoms with E-state index in [0.29, 0.717) is 28.0 Å². The lowest BCUT2D eigenvalue weighted by Crippen LogP contribution is -2.27. The Morgan fingerprint density at radius 1 is 1.50 bits per heavy atom. The Labute approximate surface area is 115 Å². The van der Waals surface area contributed by atoms with Crippen LogP contribution < -0.4 is 16.8 Å². The van der Waals surface area contributed by atoms with Crippen LogP contribution in [0.5, 0.6) is 0 Å². The molecule has 1 amide bonds. The molecule has 0 bridgehead atoms. The van der Waals surface area contributed by atoms with Gasteiger partial charge in [-0.05, 0) is 30.7 Å². The van der Waals surface area contributed by atoms with E-state index in [1.54, 1.807) is 12.1 Å². The predicted octanol–water partition coefficient (Wildman–Crippen LogP) is 2.33. The number of rotatable bonds is 3. The van der Waals surface area contributed by atoms with Crippen LogP contribution in [0.4, 0.5) is 11.4 Å². The summed E-state index contributed by atoms with van der Waals surface area (Å²) in [5, 5.41) is 3.76. The van der Waals surface area contributed by atoms with Crippen molar-refractivity contribution in [2.75, 3.05) is 22.6 Å².